The summed E-state index contributed by atoms with van der Waals surface area (Å²) in [5.41, 5.74) is 3.73. The van der Waals surface area contributed by atoms with E-state index in [4.69, 9.17) is 9.72 Å². The van der Waals surface area contributed by atoms with Gasteiger partial charge in [0.25, 0.3) is 5.56 Å². The number of morpholine rings is 1. The largest absolute Gasteiger partial charge is 0.378 e. The van der Waals surface area contributed by atoms with Crippen LogP contribution in [0.3, 0.4) is 0 Å². The van der Waals surface area contributed by atoms with Gasteiger partial charge < -0.3 is 20.3 Å². The lowest BCUT2D eigenvalue weighted by Crippen LogP contribution is -2.36. The van der Waals surface area contributed by atoms with Crippen LogP contribution in [0.2, 0.25) is 0 Å². The van der Waals surface area contributed by atoms with Gasteiger partial charge >= 0.3 is 0 Å². The van der Waals surface area contributed by atoms with E-state index in [1.54, 1.807) is 18.0 Å². The molecule has 190 valence electrons. The highest BCUT2D eigenvalue weighted by molar-refractivity contribution is 6.09. The van der Waals surface area contributed by atoms with Crippen LogP contribution in [0, 0.1) is 6.92 Å². The zero-order chi connectivity index (χ0) is 25.9. The first-order valence-corrected chi connectivity index (χ1v) is 12.2. The van der Waals surface area contributed by atoms with Crippen LogP contribution < -0.4 is 21.1 Å². The smallest absolute Gasteiger partial charge is 0.266 e. The van der Waals surface area contributed by atoms with Gasteiger partial charge in [-0.1, -0.05) is 18.2 Å². The average Bonchev–Trinajstić information content (AvgIpc) is 3.41. The third-order valence-electron chi connectivity index (χ3n) is 6.56. The fraction of sp³-hybridized carbons (Fsp3) is 0.296. The molecule has 2 aliphatic heterocycles. The Morgan fingerprint density at radius 1 is 1.19 bits per heavy atom. The van der Waals surface area contributed by atoms with Crippen molar-refractivity contribution in [1.29, 1.82) is 0 Å². The van der Waals surface area contributed by atoms with E-state index in [1.165, 1.54) is 0 Å². The molecule has 3 heterocycles. The standard InChI is InChI=1S/C27H30N8O2/c1-17-7-5-10-21-22(17)27(36)35(20-9-6-8-19(15-20)34-11-13-37-14-12-34)26(33-21)18(2)32-25(29-4)23-24(28-3)31-16-30-23/h5-10,15-16,18,32H,4,11-14H2,1-3H3,(H,28,30,31)/b25-23-. The summed E-state index contributed by atoms with van der Waals surface area (Å²) in [6, 6.07) is 13.3. The number of hydrogen-bond donors (Lipinski definition) is 2. The van der Waals surface area contributed by atoms with Crippen molar-refractivity contribution in [1.82, 2.24) is 20.2 Å². The molecule has 3 aromatic rings. The molecule has 0 saturated carbocycles. The van der Waals surface area contributed by atoms with Crippen molar-refractivity contribution in [2.24, 2.45) is 15.0 Å². The van der Waals surface area contributed by atoms with E-state index in [9.17, 15) is 4.79 Å². The Kier molecular flexibility index (Phi) is 6.82. The lowest BCUT2D eigenvalue weighted by molar-refractivity contribution is 0.122. The first kappa shape index (κ1) is 24.4. The number of aromatic nitrogens is 2. The van der Waals surface area contributed by atoms with Gasteiger partial charge in [0.05, 0.1) is 42.2 Å². The molecule has 1 aromatic heterocycles. The molecule has 0 amide bonds. The molecule has 2 aliphatic rings. The predicted molar refractivity (Wildman–Crippen MR) is 148 cm³/mol. The molecule has 0 bridgehead atoms. The lowest BCUT2D eigenvalue weighted by atomic mass is 10.1. The quantitative estimate of drug-likeness (QED) is 0.506. The fourth-order valence-electron chi connectivity index (χ4n) is 4.69. The normalized spacial score (nSPS) is 18.7. The van der Waals surface area contributed by atoms with Crippen molar-refractivity contribution < 1.29 is 4.74 Å². The summed E-state index contributed by atoms with van der Waals surface area (Å²) in [6.45, 7) is 10.5. The van der Waals surface area contributed by atoms with Crippen molar-refractivity contribution in [3.63, 3.8) is 0 Å². The summed E-state index contributed by atoms with van der Waals surface area (Å²) in [7, 11) is 1.67. The van der Waals surface area contributed by atoms with Gasteiger partial charge in [0.2, 0.25) is 0 Å². The summed E-state index contributed by atoms with van der Waals surface area (Å²) in [4.78, 5) is 34.0. The van der Waals surface area contributed by atoms with Crippen molar-refractivity contribution in [3.05, 3.63) is 75.7 Å². The van der Waals surface area contributed by atoms with E-state index in [1.807, 2.05) is 50.2 Å². The Morgan fingerprint density at radius 3 is 2.70 bits per heavy atom. The minimum Gasteiger partial charge on any atom is -0.378 e. The number of aryl methyl sites for hydroxylation is 1. The summed E-state index contributed by atoms with van der Waals surface area (Å²) >= 11 is 0. The maximum atomic E-state index is 14.0. The number of fused-ring (bicyclic) bond motifs is 1. The molecule has 10 nitrogen and oxygen atoms in total. The first-order valence-electron chi connectivity index (χ1n) is 12.2. The average molecular weight is 499 g/mol. The second kappa shape index (κ2) is 10.4. The number of hydrogen-bond acceptors (Lipinski definition) is 8. The van der Waals surface area contributed by atoms with E-state index < -0.39 is 6.04 Å². The molecule has 2 N–H and O–H groups in total. The third-order valence-corrected chi connectivity index (χ3v) is 6.56. The molecule has 10 heteroatoms. The number of anilines is 1. The second-order valence-corrected chi connectivity index (χ2v) is 8.89. The molecular formula is C27H30N8O2. The van der Waals surface area contributed by atoms with Crippen LogP contribution in [-0.4, -0.2) is 61.8 Å². The van der Waals surface area contributed by atoms with Gasteiger partial charge in [-0.15, -0.1) is 0 Å². The molecule has 1 unspecified atom stereocenters. The van der Waals surface area contributed by atoms with Gasteiger partial charge in [-0.05, 0) is 50.4 Å². The number of nitrogens with one attached hydrogen (secondary N) is 2. The number of ether oxygens (including phenoxy) is 1. The van der Waals surface area contributed by atoms with Gasteiger partial charge in [-0.3, -0.25) is 14.4 Å². The minimum absolute atomic E-state index is 0.122. The van der Waals surface area contributed by atoms with Gasteiger partial charge in [0.1, 0.15) is 11.5 Å². The molecule has 2 aromatic carbocycles. The molecule has 0 aliphatic carbocycles. The molecule has 1 fully saturated rings. The maximum absolute atomic E-state index is 14.0. The molecular weight excluding hydrogens is 468 g/mol. The second-order valence-electron chi connectivity index (χ2n) is 8.89. The fourth-order valence-corrected chi connectivity index (χ4v) is 4.69. The third kappa shape index (κ3) is 4.63. The van der Waals surface area contributed by atoms with E-state index in [0.717, 1.165) is 30.0 Å². The number of rotatable bonds is 6. The number of aliphatic imine (C=N–C) groups is 3. The van der Waals surface area contributed by atoms with Crippen molar-refractivity contribution in [2.75, 3.05) is 38.3 Å². The van der Waals surface area contributed by atoms with Crippen molar-refractivity contribution >= 4 is 35.5 Å². The van der Waals surface area contributed by atoms with Crippen LogP contribution in [-0.2, 0) is 4.74 Å². The highest BCUT2D eigenvalue weighted by Gasteiger charge is 2.23. The Labute approximate surface area is 215 Å². The Morgan fingerprint density at radius 2 is 1.95 bits per heavy atom. The van der Waals surface area contributed by atoms with E-state index in [0.29, 0.717) is 47.3 Å². The predicted octanol–water partition coefficient (Wildman–Crippen LogP) is 2.71. The molecule has 37 heavy (non-hydrogen) atoms. The summed E-state index contributed by atoms with van der Waals surface area (Å²) in [5.74, 6) is 1.58. The van der Waals surface area contributed by atoms with Crippen LogP contribution in [0.25, 0.3) is 16.6 Å². The van der Waals surface area contributed by atoms with Crippen LogP contribution in [0.4, 0.5) is 5.69 Å². The minimum atomic E-state index is -0.411. The van der Waals surface area contributed by atoms with Gasteiger partial charge in [0, 0.05) is 25.8 Å². The van der Waals surface area contributed by atoms with Crippen molar-refractivity contribution in [3.8, 4) is 5.69 Å². The van der Waals surface area contributed by atoms with Crippen molar-refractivity contribution in [2.45, 2.75) is 19.9 Å². The van der Waals surface area contributed by atoms with Gasteiger partial charge in [0.15, 0.2) is 11.7 Å². The number of nitrogens with zero attached hydrogens (tertiary/aromatic N) is 6. The SMILES string of the molecule is C=N/C(NC(C)c1nc2cccc(C)c2c(=O)n1-c1cccc(N2CCOCC2)c1)=C1/N=CN/C1=N/C. The zero-order valence-corrected chi connectivity index (χ0v) is 21.2. The zero-order valence-electron chi connectivity index (χ0n) is 21.2. The monoisotopic (exact) mass is 498 g/mol. The van der Waals surface area contributed by atoms with Crippen LogP contribution in [0.1, 0.15) is 24.4 Å². The number of benzene rings is 2. The molecule has 0 spiro atoms. The molecule has 1 saturated heterocycles. The molecule has 1 atom stereocenters. The summed E-state index contributed by atoms with van der Waals surface area (Å²) in [6.07, 6.45) is 1.55. The summed E-state index contributed by atoms with van der Waals surface area (Å²) in [5, 5.41) is 6.93. The molecule has 5 rings (SSSR count). The Balaban J connectivity index is 1.66. The van der Waals surface area contributed by atoms with E-state index in [2.05, 4.69) is 43.3 Å². The lowest BCUT2D eigenvalue weighted by Gasteiger charge is -2.29. The van der Waals surface area contributed by atoms with Crippen LogP contribution >= 0.6 is 0 Å². The molecule has 0 radical (unpaired) electrons. The van der Waals surface area contributed by atoms with Crippen LogP contribution in [0.5, 0.6) is 0 Å². The highest BCUT2D eigenvalue weighted by atomic mass is 16.5. The van der Waals surface area contributed by atoms with E-state index in [-0.39, 0.29) is 5.56 Å². The number of amidine groups is 1. The maximum Gasteiger partial charge on any atom is 0.266 e. The van der Waals surface area contributed by atoms with Gasteiger partial charge in [-0.2, -0.15) is 0 Å². The highest BCUT2D eigenvalue weighted by Crippen LogP contribution is 2.25. The van der Waals surface area contributed by atoms with E-state index >= 15 is 0 Å². The topological polar surface area (TPSA) is 108 Å². The first-order chi connectivity index (χ1) is 18.0. The Bertz CT molecular complexity index is 1500. The Hall–Kier alpha value is -4.31. The van der Waals surface area contributed by atoms with Gasteiger partial charge in [-0.25, -0.2) is 15.0 Å². The van der Waals surface area contributed by atoms with Crippen LogP contribution in [0.15, 0.2) is 73.8 Å². The summed E-state index contributed by atoms with van der Waals surface area (Å²) < 4.78 is 7.20.